The molecule has 0 saturated carbocycles. The third-order valence-corrected chi connectivity index (χ3v) is 8.10. The number of benzene rings is 1. The zero-order valence-corrected chi connectivity index (χ0v) is 19.0. The van der Waals surface area contributed by atoms with E-state index in [0.29, 0.717) is 67.5 Å². The summed E-state index contributed by atoms with van der Waals surface area (Å²) in [6.07, 6.45) is -2.52. The number of piperazine rings is 1. The smallest absolute Gasteiger partial charge is 0.406 e. The van der Waals surface area contributed by atoms with Gasteiger partial charge in [0.15, 0.2) is 5.13 Å². The van der Waals surface area contributed by atoms with Crippen molar-refractivity contribution in [2.24, 2.45) is 5.92 Å². The summed E-state index contributed by atoms with van der Waals surface area (Å²) in [5.74, 6) is -0.400. The summed E-state index contributed by atoms with van der Waals surface area (Å²) in [5.41, 5.74) is 0.593. The van der Waals surface area contributed by atoms with E-state index in [2.05, 4.69) is 9.72 Å². The number of alkyl halides is 3. The Kier molecular flexibility index (Phi) is 6.25. The maximum atomic E-state index is 12.9. The standard InChI is InChI=1S/C19H23F3N4O4S2/c1-32(28,29)26-6-4-13(5-7-26)17(27)24-8-10-25(11-9-24)18-23-15-3-2-14(12-16(15)31-18)30-19(20,21)22/h2-3,12-13H,4-11H2,1H3. The second-order valence-electron chi connectivity index (χ2n) is 7.92. The van der Waals surface area contributed by atoms with E-state index in [1.807, 2.05) is 4.90 Å². The molecule has 2 aromatic rings. The molecule has 4 rings (SSSR count). The average Bonchev–Trinajstić information content (AvgIpc) is 3.15. The number of hydrogen-bond acceptors (Lipinski definition) is 7. The van der Waals surface area contributed by atoms with Crippen molar-refractivity contribution in [3.05, 3.63) is 18.2 Å². The van der Waals surface area contributed by atoms with Crippen LogP contribution in [-0.2, 0) is 14.8 Å². The summed E-state index contributed by atoms with van der Waals surface area (Å²) in [6.45, 7) is 2.90. The lowest BCUT2D eigenvalue weighted by Gasteiger charge is -2.38. The summed E-state index contributed by atoms with van der Waals surface area (Å²) < 4.78 is 66.6. The fraction of sp³-hybridized carbons (Fsp3) is 0.579. The molecule has 32 heavy (non-hydrogen) atoms. The van der Waals surface area contributed by atoms with E-state index >= 15 is 0 Å². The lowest BCUT2D eigenvalue weighted by molar-refractivity contribution is -0.274. The maximum absolute atomic E-state index is 12.9. The molecule has 1 aromatic heterocycles. The quantitative estimate of drug-likeness (QED) is 0.653. The zero-order valence-electron chi connectivity index (χ0n) is 17.3. The number of amides is 1. The van der Waals surface area contributed by atoms with E-state index in [1.165, 1.54) is 40.1 Å². The number of carbonyl (C=O) groups excluding carboxylic acids is 1. The van der Waals surface area contributed by atoms with Crippen LogP contribution in [0, 0.1) is 5.92 Å². The number of rotatable bonds is 4. The third-order valence-electron chi connectivity index (χ3n) is 5.72. The number of nitrogens with zero attached hydrogens (tertiary/aromatic N) is 4. The molecular weight excluding hydrogens is 469 g/mol. The van der Waals surface area contributed by atoms with Crippen molar-refractivity contribution in [3.8, 4) is 5.75 Å². The van der Waals surface area contributed by atoms with Crippen LogP contribution in [0.25, 0.3) is 10.2 Å². The summed E-state index contributed by atoms with van der Waals surface area (Å²) in [4.78, 5) is 21.2. The van der Waals surface area contributed by atoms with Gasteiger partial charge < -0.3 is 14.5 Å². The Morgan fingerprint density at radius 3 is 2.38 bits per heavy atom. The number of halogens is 3. The molecule has 2 aliphatic heterocycles. The molecule has 0 atom stereocenters. The van der Waals surface area contributed by atoms with Gasteiger partial charge in [-0.15, -0.1) is 13.2 Å². The van der Waals surface area contributed by atoms with Crippen LogP contribution in [0.3, 0.4) is 0 Å². The molecule has 2 fully saturated rings. The second kappa shape index (κ2) is 8.67. The highest BCUT2D eigenvalue weighted by Gasteiger charge is 2.33. The van der Waals surface area contributed by atoms with Crippen molar-refractivity contribution in [1.82, 2.24) is 14.2 Å². The number of sulfonamides is 1. The molecule has 0 bridgehead atoms. The highest BCUT2D eigenvalue weighted by Crippen LogP contribution is 2.33. The highest BCUT2D eigenvalue weighted by molar-refractivity contribution is 7.88. The largest absolute Gasteiger partial charge is 0.573 e. The maximum Gasteiger partial charge on any atom is 0.573 e. The fourth-order valence-electron chi connectivity index (χ4n) is 4.04. The summed E-state index contributed by atoms with van der Waals surface area (Å²) in [7, 11) is -3.23. The SMILES string of the molecule is CS(=O)(=O)N1CCC(C(=O)N2CCN(c3nc4ccc(OC(F)(F)F)cc4s3)CC2)CC1. The molecule has 2 aliphatic rings. The van der Waals surface area contributed by atoms with Crippen LogP contribution in [0.2, 0.25) is 0 Å². The van der Waals surface area contributed by atoms with Crippen LogP contribution in [0.5, 0.6) is 5.75 Å². The number of hydrogen-bond donors (Lipinski definition) is 0. The molecule has 0 radical (unpaired) electrons. The number of thiazole rings is 1. The summed E-state index contributed by atoms with van der Waals surface area (Å²) in [6, 6.07) is 4.07. The van der Waals surface area contributed by atoms with Crippen LogP contribution >= 0.6 is 11.3 Å². The third kappa shape index (κ3) is 5.26. The van der Waals surface area contributed by atoms with Crippen molar-refractivity contribution < 1.29 is 31.1 Å². The van der Waals surface area contributed by atoms with Crippen LogP contribution < -0.4 is 9.64 Å². The van der Waals surface area contributed by atoms with E-state index in [9.17, 15) is 26.4 Å². The molecule has 2 saturated heterocycles. The van der Waals surface area contributed by atoms with Crippen LogP contribution in [-0.4, -0.2) is 80.4 Å². The Morgan fingerprint density at radius 2 is 1.78 bits per heavy atom. The van der Waals surface area contributed by atoms with E-state index in [1.54, 1.807) is 4.90 Å². The molecule has 0 unspecified atom stereocenters. The van der Waals surface area contributed by atoms with Crippen LogP contribution in [0.4, 0.5) is 18.3 Å². The average molecular weight is 493 g/mol. The van der Waals surface area contributed by atoms with Crippen molar-refractivity contribution >= 4 is 42.6 Å². The molecule has 176 valence electrons. The second-order valence-corrected chi connectivity index (χ2v) is 10.9. The number of anilines is 1. The first-order valence-corrected chi connectivity index (χ1v) is 12.8. The summed E-state index contributed by atoms with van der Waals surface area (Å²) >= 11 is 1.29. The fourth-order valence-corrected chi connectivity index (χ4v) is 5.96. The molecule has 0 spiro atoms. The normalized spacial score (nSPS) is 19.5. The molecule has 3 heterocycles. The molecule has 8 nitrogen and oxygen atoms in total. The Hall–Kier alpha value is -2.12. The molecule has 1 amide bonds. The monoisotopic (exact) mass is 492 g/mol. The van der Waals surface area contributed by atoms with E-state index in [4.69, 9.17) is 0 Å². The first-order valence-electron chi connectivity index (χ1n) is 10.1. The van der Waals surface area contributed by atoms with Gasteiger partial charge >= 0.3 is 6.36 Å². The lowest BCUT2D eigenvalue weighted by atomic mass is 9.96. The van der Waals surface area contributed by atoms with Gasteiger partial charge in [0.05, 0.1) is 16.5 Å². The van der Waals surface area contributed by atoms with Gasteiger partial charge in [-0.2, -0.15) is 0 Å². The Balaban J connectivity index is 1.34. The van der Waals surface area contributed by atoms with Crippen molar-refractivity contribution in [3.63, 3.8) is 0 Å². The number of aromatic nitrogens is 1. The van der Waals surface area contributed by atoms with Gasteiger partial charge in [0.1, 0.15) is 5.75 Å². The number of ether oxygens (including phenoxy) is 1. The Bertz CT molecular complexity index is 1090. The van der Waals surface area contributed by atoms with Crippen LogP contribution in [0.1, 0.15) is 12.8 Å². The highest BCUT2D eigenvalue weighted by atomic mass is 32.2. The number of carbonyl (C=O) groups is 1. The lowest BCUT2D eigenvalue weighted by Crippen LogP contribution is -2.52. The predicted octanol–water partition coefficient (Wildman–Crippen LogP) is 2.52. The molecule has 0 aliphatic carbocycles. The van der Waals surface area contributed by atoms with Gasteiger partial charge in [0.25, 0.3) is 0 Å². The van der Waals surface area contributed by atoms with Gasteiger partial charge in [-0.3, -0.25) is 4.79 Å². The van der Waals surface area contributed by atoms with Gasteiger partial charge in [-0.25, -0.2) is 17.7 Å². The van der Waals surface area contributed by atoms with Gasteiger partial charge in [0, 0.05) is 51.3 Å². The van der Waals surface area contributed by atoms with E-state index in [0.717, 1.165) is 0 Å². The van der Waals surface area contributed by atoms with E-state index in [-0.39, 0.29) is 17.6 Å². The Labute approximate surface area is 187 Å². The van der Waals surface area contributed by atoms with E-state index < -0.39 is 16.4 Å². The molecule has 13 heteroatoms. The van der Waals surface area contributed by atoms with Gasteiger partial charge in [-0.05, 0) is 25.0 Å². The minimum Gasteiger partial charge on any atom is -0.406 e. The molecular formula is C19H23F3N4O4S2. The van der Waals surface area contributed by atoms with Crippen molar-refractivity contribution in [2.45, 2.75) is 19.2 Å². The topological polar surface area (TPSA) is 83.1 Å². The minimum atomic E-state index is -4.74. The molecule has 0 N–H and O–H groups in total. The minimum absolute atomic E-state index is 0.0519. The first kappa shape index (κ1) is 23.1. The van der Waals surface area contributed by atoms with Crippen molar-refractivity contribution in [1.29, 1.82) is 0 Å². The molecule has 1 aromatic carbocycles. The predicted molar refractivity (Wildman–Crippen MR) is 114 cm³/mol. The zero-order chi connectivity index (χ0) is 23.1. The van der Waals surface area contributed by atoms with Crippen molar-refractivity contribution in [2.75, 3.05) is 50.4 Å². The number of piperidine rings is 1. The Morgan fingerprint density at radius 1 is 1.12 bits per heavy atom. The van der Waals surface area contributed by atoms with Crippen LogP contribution in [0.15, 0.2) is 18.2 Å². The summed E-state index contributed by atoms with van der Waals surface area (Å²) in [5, 5.41) is 0.692. The first-order chi connectivity index (χ1) is 15.0. The van der Waals surface area contributed by atoms with Gasteiger partial charge in [0.2, 0.25) is 15.9 Å². The number of fused-ring (bicyclic) bond motifs is 1. The van der Waals surface area contributed by atoms with Gasteiger partial charge in [-0.1, -0.05) is 11.3 Å².